The van der Waals surface area contributed by atoms with Crippen molar-refractivity contribution in [2.45, 2.75) is 6.92 Å². The molecule has 0 radical (unpaired) electrons. The Morgan fingerprint density at radius 2 is 1.67 bits per heavy atom. The highest BCUT2D eigenvalue weighted by Crippen LogP contribution is 2.25. The molecule has 0 saturated carbocycles. The van der Waals surface area contributed by atoms with Crippen LogP contribution in [0, 0.1) is 11.6 Å². The summed E-state index contributed by atoms with van der Waals surface area (Å²) in [5, 5.41) is 0. The lowest BCUT2D eigenvalue weighted by Crippen LogP contribution is -2.50. The van der Waals surface area contributed by atoms with Gasteiger partial charge in [0, 0.05) is 26.2 Å². The lowest BCUT2D eigenvalue weighted by molar-refractivity contribution is -0.133. The number of carbonyl (C=O) groups is 2. The molecule has 1 saturated heterocycles. The Hall–Kier alpha value is -2.96. The summed E-state index contributed by atoms with van der Waals surface area (Å²) in [6.07, 6.45) is 0. The number of halogens is 2. The van der Waals surface area contributed by atoms with E-state index < -0.39 is 5.82 Å². The number of anilines is 1. The fourth-order valence-corrected chi connectivity index (χ4v) is 3.09. The van der Waals surface area contributed by atoms with Crippen LogP contribution in [0.25, 0.3) is 0 Å². The fraction of sp³-hybridized carbons (Fsp3) is 0.300. The molecule has 142 valence electrons. The van der Waals surface area contributed by atoms with Gasteiger partial charge >= 0.3 is 0 Å². The number of nitrogens with zero attached hydrogens (tertiary/aromatic N) is 2. The first-order valence-electron chi connectivity index (χ1n) is 8.66. The summed E-state index contributed by atoms with van der Waals surface area (Å²) in [4.78, 5) is 27.6. The SMILES string of the molecule is CC(=O)c1c(F)cccc1N1CCN(C(=O)COc2ccc(F)cc2)CC1. The van der Waals surface area contributed by atoms with E-state index in [2.05, 4.69) is 0 Å². The van der Waals surface area contributed by atoms with E-state index in [0.717, 1.165) is 0 Å². The Morgan fingerprint density at radius 1 is 1.00 bits per heavy atom. The predicted molar refractivity (Wildman–Crippen MR) is 97.1 cm³/mol. The average Bonchev–Trinajstić information content (AvgIpc) is 2.67. The highest BCUT2D eigenvalue weighted by Gasteiger charge is 2.25. The molecule has 7 heteroatoms. The first-order chi connectivity index (χ1) is 13.0. The topological polar surface area (TPSA) is 49.9 Å². The lowest BCUT2D eigenvalue weighted by Gasteiger charge is -2.36. The molecule has 1 heterocycles. The molecule has 0 N–H and O–H groups in total. The summed E-state index contributed by atoms with van der Waals surface area (Å²) in [6.45, 7) is 3.08. The standard InChI is InChI=1S/C20H20F2N2O3/c1-14(25)20-17(22)3-2-4-18(20)23-9-11-24(12-10-23)19(26)13-27-16-7-5-15(21)6-8-16/h2-8H,9-13H2,1H3. The monoisotopic (exact) mass is 374 g/mol. The van der Waals surface area contributed by atoms with E-state index >= 15 is 0 Å². The largest absolute Gasteiger partial charge is 0.484 e. The van der Waals surface area contributed by atoms with Crippen LogP contribution in [-0.2, 0) is 4.79 Å². The molecule has 1 aliphatic rings. The Balaban J connectivity index is 1.57. The second kappa shape index (κ2) is 8.16. The van der Waals surface area contributed by atoms with Gasteiger partial charge in [-0.3, -0.25) is 9.59 Å². The molecule has 2 aromatic rings. The van der Waals surface area contributed by atoms with Crippen molar-refractivity contribution < 1.29 is 23.1 Å². The zero-order valence-corrected chi connectivity index (χ0v) is 15.0. The molecular formula is C20H20F2N2O3. The van der Waals surface area contributed by atoms with Crippen molar-refractivity contribution in [2.75, 3.05) is 37.7 Å². The van der Waals surface area contributed by atoms with E-state index in [1.54, 1.807) is 17.0 Å². The summed E-state index contributed by atoms with van der Waals surface area (Å²) in [5.74, 6) is -0.980. The number of hydrogen-bond donors (Lipinski definition) is 0. The molecule has 0 aliphatic carbocycles. The van der Waals surface area contributed by atoms with E-state index in [9.17, 15) is 18.4 Å². The molecule has 0 spiro atoms. The van der Waals surface area contributed by atoms with Crippen LogP contribution in [0.5, 0.6) is 5.75 Å². The lowest BCUT2D eigenvalue weighted by atomic mass is 10.1. The minimum Gasteiger partial charge on any atom is -0.484 e. The van der Waals surface area contributed by atoms with Gasteiger partial charge in [-0.1, -0.05) is 6.07 Å². The van der Waals surface area contributed by atoms with Gasteiger partial charge in [0.15, 0.2) is 12.4 Å². The highest BCUT2D eigenvalue weighted by atomic mass is 19.1. The van der Waals surface area contributed by atoms with Crippen molar-refractivity contribution in [3.8, 4) is 5.75 Å². The predicted octanol–water partition coefficient (Wildman–Crippen LogP) is 2.90. The van der Waals surface area contributed by atoms with Crippen LogP contribution in [0.2, 0.25) is 0 Å². The van der Waals surface area contributed by atoms with Crippen molar-refractivity contribution in [1.82, 2.24) is 4.90 Å². The van der Waals surface area contributed by atoms with Crippen molar-refractivity contribution >= 4 is 17.4 Å². The minimum atomic E-state index is -0.536. The fourth-order valence-electron chi connectivity index (χ4n) is 3.09. The van der Waals surface area contributed by atoms with E-state index in [1.165, 1.54) is 37.3 Å². The van der Waals surface area contributed by atoms with Gasteiger partial charge in [0.25, 0.3) is 5.91 Å². The first kappa shape index (κ1) is 18.8. The van der Waals surface area contributed by atoms with Gasteiger partial charge in [-0.2, -0.15) is 0 Å². The molecule has 0 bridgehead atoms. The molecule has 1 amide bonds. The van der Waals surface area contributed by atoms with Gasteiger partial charge in [0.05, 0.1) is 11.3 Å². The zero-order valence-electron chi connectivity index (χ0n) is 15.0. The van der Waals surface area contributed by atoms with E-state index in [4.69, 9.17) is 4.74 Å². The van der Waals surface area contributed by atoms with E-state index in [0.29, 0.717) is 37.6 Å². The maximum Gasteiger partial charge on any atom is 0.260 e. The normalized spacial score (nSPS) is 14.2. The second-order valence-corrected chi connectivity index (χ2v) is 6.30. The Kier molecular flexibility index (Phi) is 5.69. The summed E-state index contributed by atoms with van der Waals surface area (Å²) in [7, 11) is 0. The number of hydrogen-bond acceptors (Lipinski definition) is 4. The number of ketones is 1. The van der Waals surface area contributed by atoms with Gasteiger partial charge in [-0.05, 0) is 43.3 Å². The number of amides is 1. The molecule has 0 unspecified atom stereocenters. The first-order valence-corrected chi connectivity index (χ1v) is 8.66. The van der Waals surface area contributed by atoms with Crippen molar-refractivity contribution in [2.24, 2.45) is 0 Å². The molecule has 2 aromatic carbocycles. The van der Waals surface area contributed by atoms with Crippen molar-refractivity contribution in [3.63, 3.8) is 0 Å². The molecule has 1 aliphatic heterocycles. The van der Waals surface area contributed by atoms with Gasteiger partial charge in [-0.25, -0.2) is 8.78 Å². The number of rotatable bonds is 5. The van der Waals surface area contributed by atoms with Gasteiger partial charge < -0.3 is 14.5 Å². The third-order valence-corrected chi connectivity index (χ3v) is 4.49. The maximum atomic E-state index is 14.0. The third-order valence-electron chi connectivity index (χ3n) is 4.49. The molecule has 0 atom stereocenters. The van der Waals surface area contributed by atoms with Gasteiger partial charge in [-0.15, -0.1) is 0 Å². The van der Waals surface area contributed by atoms with Crippen LogP contribution < -0.4 is 9.64 Å². The quantitative estimate of drug-likeness (QED) is 0.755. The summed E-state index contributed by atoms with van der Waals surface area (Å²) in [6, 6.07) is 10.0. The number of Topliss-reactive ketones (excluding diaryl/α,β-unsaturated/α-hetero) is 1. The van der Waals surface area contributed by atoms with Crippen molar-refractivity contribution in [3.05, 3.63) is 59.7 Å². The second-order valence-electron chi connectivity index (χ2n) is 6.30. The maximum absolute atomic E-state index is 14.0. The van der Waals surface area contributed by atoms with Crippen LogP contribution in [0.1, 0.15) is 17.3 Å². The van der Waals surface area contributed by atoms with Crippen LogP contribution in [0.3, 0.4) is 0 Å². The van der Waals surface area contributed by atoms with Crippen LogP contribution >= 0.6 is 0 Å². The average molecular weight is 374 g/mol. The highest BCUT2D eigenvalue weighted by molar-refractivity contribution is 6.00. The van der Waals surface area contributed by atoms with Gasteiger partial charge in [0.1, 0.15) is 17.4 Å². The molecule has 3 rings (SSSR count). The molecule has 5 nitrogen and oxygen atoms in total. The van der Waals surface area contributed by atoms with E-state index in [1.807, 2.05) is 4.90 Å². The molecule has 27 heavy (non-hydrogen) atoms. The van der Waals surface area contributed by atoms with Crippen LogP contribution in [-0.4, -0.2) is 49.4 Å². The van der Waals surface area contributed by atoms with Crippen LogP contribution in [0.15, 0.2) is 42.5 Å². The van der Waals surface area contributed by atoms with Gasteiger partial charge in [0.2, 0.25) is 0 Å². The number of carbonyl (C=O) groups excluding carboxylic acids is 2. The minimum absolute atomic E-state index is 0.0805. The number of benzene rings is 2. The summed E-state index contributed by atoms with van der Waals surface area (Å²) in [5.41, 5.74) is 0.633. The van der Waals surface area contributed by atoms with E-state index in [-0.39, 0.29) is 29.7 Å². The summed E-state index contributed by atoms with van der Waals surface area (Å²) < 4.78 is 32.3. The molecule has 0 aromatic heterocycles. The number of ether oxygens (including phenoxy) is 1. The summed E-state index contributed by atoms with van der Waals surface area (Å²) >= 11 is 0. The van der Waals surface area contributed by atoms with Crippen molar-refractivity contribution in [1.29, 1.82) is 0 Å². The smallest absolute Gasteiger partial charge is 0.260 e. The third kappa shape index (κ3) is 4.42. The molecular weight excluding hydrogens is 354 g/mol. The Bertz CT molecular complexity index is 832. The number of piperazine rings is 1. The Labute approximate surface area is 156 Å². The molecule has 1 fully saturated rings. The van der Waals surface area contributed by atoms with Crippen LogP contribution in [0.4, 0.5) is 14.5 Å². The zero-order chi connectivity index (χ0) is 19.4. The Morgan fingerprint density at radius 3 is 2.30 bits per heavy atom.